The lowest BCUT2D eigenvalue weighted by atomic mass is 9.93. The Morgan fingerprint density at radius 1 is 1.09 bits per heavy atom. The minimum absolute atomic E-state index is 0.216. The van der Waals surface area contributed by atoms with Gasteiger partial charge in [0.15, 0.2) is 5.13 Å². The summed E-state index contributed by atoms with van der Waals surface area (Å²) in [6.07, 6.45) is 4.86. The summed E-state index contributed by atoms with van der Waals surface area (Å²) in [7, 11) is -2.43. The molecule has 5 N–H and O–H groups in total. The lowest BCUT2D eigenvalue weighted by Crippen LogP contribution is -2.38. The molecular weight excluding hydrogens is 462 g/mol. The van der Waals surface area contributed by atoms with E-state index in [1.807, 2.05) is 18.2 Å². The van der Waals surface area contributed by atoms with E-state index in [1.165, 1.54) is 11.3 Å². The fourth-order valence-electron chi connectivity index (χ4n) is 4.19. The molecule has 3 aromatic heterocycles. The van der Waals surface area contributed by atoms with E-state index in [0.29, 0.717) is 48.0 Å². The summed E-state index contributed by atoms with van der Waals surface area (Å²) in [5.41, 5.74) is 1.69. The number of aliphatic hydroxyl groups is 1. The maximum absolute atomic E-state index is 9.91. The second kappa shape index (κ2) is 9.65. The van der Waals surface area contributed by atoms with Crippen LogP contribution in [0.15, 0.2) is 24.4 Å². The van der Waals surface area contributed by atoms with Crippen molar-refractivity contribution in [1.29, 1.82) is 0 Å². The summed E-state index contributed by atoms with van der Waals surface area (Å²) in [6.45, 7) is 1.86. The van der Waals surface area contributed by atoms with Gasteiger partial charge in [-0.1, -0.05) is 11.3 Å². The Balaban J connectivity index is 1.36. The fourth-order valence-corrected chi connectivity index (χ4v) is 6.31. The topological polar surface area (TPSA) is 140 Å². The second-order valence-corrected chi connectivity index (χ2v) is 12.1. The van der Waals surface area contributed by atoms with Crippen LogP contribution in [0.5, 0.6) is 0 Å². The summed E-state index contributed by atoms with van der Waals surface area (Å²) < 4.78 is 19.8. The summed E-state index contributed by atoms with van der Waals surface area (Å²) in [5, 5.41) is 17.3. The van der Waals surface area contributed by atoms with Crippen LogP contribution in [0.25, 0.3) is 10.3 Å². The van der Waals surface area contributed by atoms with Gasteiger partial charge in [-0.15, -0.1) is 0 Å². The van der Waals surface area contributed by atoms with Gasteiger partial charge < -0.3 is 15.7 Å². The maximum atomic E-state index is 9.91. The van der Waals surface area contributed by atoms with E-state index in [-0.39, 0.29) is 12.1 Å². The van der Waals surface area contributed by atoms with Crippen molar-refractivity contribution >= 4 is 49.2 Å². The van der Waals surface area contributed by atoms with Crippen LogP contribution in [-0.4, -0.2) is 75.8 Å². The molecule has 10 nitrogen and oxygen atoms in total. The molecular formula is C21H29N7O3S2. The number of nitrogens with one attached hydrogen (secondary N) is 2. The molecule has 2 fully saturated rings. The molecule has 5 rings (SSSR count). The Kier molecular flexibility index (Phi) is 6.63. The van der Waals surface area contributed by atoms with Gasteiger partial charge in [-0.25, -0.2) is 15.0 Å². The smallest absolute Gasteiger partial charge is 0.225 e. The van der Waals surface area contributed by atoms with E-state index in [4.69, 9.17) is 4.98 Å². The van der Waals surface area contributed by atoms with Crippen molar-refractivity contribution in [2.75, 3.05) is 35.2 Å². The maximum Gasteiger partial charge on any atom is 0.225 e. The number of thiazole rings is 1. The van der Waals surface area contributed by atoms with E-state index >= 15 is 0 Å². The van der Waals surface area contributed by atoms with Gasteiger partial charge in [-0.05, 0) is 37.8 Å². The van der Waals surface area contributed by atoms with Gasteiger partial charge in [0.25, 0.3) is 0 Å². The number of fused-ring (bicyclic) bond motifs is 1. The van der Waals surface area contributed by atoms with Crippen LogP contribution >= 0.6 is 21.9 Å². The number of anilines is 3. The summed E-state index contributed by atoms with van der Waals surface area (Å²) >= 11 is 1.47. The molecule has 3 aromatic rings. The van der Waals surface area contributed by atoms with Crippen molar-refractivity contribution in [2.24, 2.45) is 0 Å². The molecule has 0 bridgehead atoms. The third-order valence-electron chi connectivity index (χ3n) is 6.06. The number of aliphatic hydroxyl groups excluding tert-OH is 1. The SMILES string of the molecule is OS1(O)CCN(Cc2cc(Nc3nc4cccnc4s3)nc(N[C@H]3CC[C@H](O)CC3)n2)CC1. The molecule has 1 aliphatic carbocycles. The first-order valence-electron chi connectivity index (χ1n) is 11.2. The quantitative estimate of drug-likeness (QED) is 0.348. The predicted molar refractivity (Wildman–Crippen MR) is 132 cm³/mol. The van der Waals surface area contributed by atoms with E-state index < -0.39 is 10.6 Å². The molecule has 178 valence electrons. The number of nitrogens with zero attached hydrogens (tertiary/aromatic N) is 5. The Morgan fingerprint density at radius 3 is 2.64 bits per heavy atom. The van der Waals surface area contributed by atoms with Crippen molar-refractivity contribution in [3.05, 3.63) is 30.1 Å². The minimum Gasteiger partial charge on any atom is -0.393 e. The molecule has 0 atom stereocenters. The highest BCUT2D eigenvalue weighted by Crippen LogP contribution is 2.40. The molecule has 33 heavy (non-hydrogen) atoms. The van der Waals surface area contributed by atoms with Crippen molar-refractivity contribution in [3.63, 3.8) is 0 Å². The molecule has 0 aromatic carbocycles. The summed E-state index contributed by atoms with van der Waals surface area (Å²) in [6, 6.07) is 5.94. The standard InChI is InChI=1S/C21H29N7O3S2/c29-16-5-3-14(4-6-16)23-20-24-15(13-28-8-10-33(30,31)11-9-28)12-18(26-20)27-21-25-17-2-1-7-22-19(17)32-21/h1-2,7,12,14,16,29-31H,3-6,8-11,13H2,(H2,23,24,25,26,27)/t14-,16-. The fraction of sp³-hybridized carbons (Fsp3) is 0.524. The van der Waals surface area contributed by atoms with Gasteiger partial charge in [0.2, 0.25) is 5.95 Å². The molecule has 1 saturated carbocycles. The largest absolute Gasteiger partial charge is 0.393 e. The van der Waals surface area contributed by atoms with Crippen LogP contribution in [0, 0.1) is 0 Å². The van der Waals surface area contributed by atoms with Crippen LogP contribution in [0.3, 0.4) is 0 Å². The summed E-state index contributed by atoms with van der Waals surface area (Å²) in [4.78, 5) is 21.4. The highest BCUT2D eigenvalue weighted by molar-refractivity contribution is 8.24. The average molecular weight is 492 g/mol. The Labute approximate surface area is 197 Å². The van der Waals surface area contributed by atoms with E-state index in [0.717, 1.165) is 41.7 Å². The number of pyridine rings is 1. The van der Waals surface area contributed by atoms with Crippen LogP contribution in [0.1, 0.15) is 31.4 Å². The van der Waals surface area contributed by atoms with Gasteiger partial charge in [0.1, 0.15) is 16.2 Å². The molecule has 2 aliphatic rings. The van der Waals surface area contributed by atoms with Crippen molar-refractivity contribution in [2.45, 2.75) is 44.4 Å². The van der Waals surface area contributed by atoms with Gasteiger partial charge in [0, 0.05) is 37.9 Å². The van der Waals surface area contributed by atoms with Crippen LogP contribution in [-0.2, 0) is 6.54 Å². The van der Waals surface area contributed by atoms with Gasteiger partial charge >= 0.3 is 0 Å². The minimum atomic E-state index is -2.43. The first-order chi connectivity index (χ1) is 15.9. The second-order valence-electron chi connectivity index (χ2n) is 8.68. The van der Waals surface area contributed by atoms with Crippen molar-refractivity contribution in [3.8, 4) is 0 Å². The third-order valence-corrected chi connectivity index (χ3v) is 8.63. The van der Waals surface area contributed by atoms with E-state index in [9.17, 15) is 14.2 Å². The molecule has 0 amide bonds. The normalized spacial score (nSPS) is 24.5. The van der Waals surface area contributed by atoms with Crippen LogP contribution < -0.4 is 10.6 Å². The lowest BCUT2D eigenvalue weighted by Gasteiger charge is -2.40. The Hall–Kier alpha value is -2.09. The highest BCUT2D eigenvalue weighted by Gasteiger charge is 2.24. The van der Waals surface area contributed by atoms with Gasteiger partial charge in [-0.2, -0.15) is 15.6 Å². The zero-order chi connectivity index (χ0) is 22.8. The van der Waals surface area contributed by atoms with E-state index in [2.05, 4.69) is 30.5 Å². The summed E-state index contributed by atoms with van der Waals surface area (Å²) in [5.74, 6) is 2.00. The number of aromatic nitrogens is 4. The van der Waals surface area contributed by atoms with Crippen LogP contribution in [0.4, 0.5) is 16.9 Å². The zero-order valence-electron chi connectivity index (χ0n) is 18.2. The first kappa shape index (κ1) is 22.7. The Morgan fingerprint density at radius 2 is 1.88 bits per heavy atom. The predicted octanol–water partition coefficient (Wildman–Crippen LogP) is 3.51. The molecule has 12 heteroatoms. The first-order valence-corrected chi connectivity index (χ1v) is 13.9. The van der Waals surface area contributed by atoms with Crippen molar-refractivity contribution in [1.82, 2.24) is 24.8 Å². The van der Waals surface area contributed by atoms with Crippen LogP contribution in [0.2, 0.25) is 0 Å². The Bertz CT molecular complexity index is 1060. The lowest BCUT2D eigenvalue weighted by molar-refractivity contribution is 0.126. The molecule has 1 saturated heterocycles. The number of rotatable bonds is 6. The van der Waals surface area contributed by atoms with Gasteiger partial charge in [-0.3, -0.25) is 14.0 Å². The third kappa shape index (κ3) is 5.89. The van der Waals surface area contributed by atoms with Crippen molar-refractivity contribution < 1.29 is 14.2 Å². The average Bonchev–Trinajstić information content (AvgIpc) is 3.19. The zero-order valence-corrected chi connectivity index (χ0v) is 19.9. The highest BCUT2D eigenvalue weighted by atomic mass is 32.3. The monoisotopic (exact) mass is 491 g/mol. The molecule has 1 aliphatic heterocycles. The molecule has 0 radical (unpaired) electrons. The molecule has 0 unspecified atom stereocenters. The molecule has 4 heterocycles. The molecule has 0 spiro atoms. The number of hydrogen-bond donors (Lipinski definition) is 5. The number of hydrogen-bond acceptors (Lipinski definition) is 11. The van der Waals surface area contributed by atoms with Gasteiger partial charge in [0.05, 0.1) is 23.3 Å². The van der Waals surface area contributed by atoms with E-state index in [1.54, 1.807) is 6.20 Å².